The highest BCUT2D eigenvalue weighted by atomic mass is 32.1. The highest BCUT2D eigenvalue weighted by molar-refractivity contribution is 7.15. The maximum Gasteiger partial charge on any atom is 0.336 e. The third-order valence-electron chi connectivity index (χ3n) is 6.56. The average Bonchev–Trinajstić information content (AvgIpc) is 3.59. The topological polar surface area (TPSA) is 170 Å². The summed E-state index contributed by atoms with van der Waals surface area (Å²) in [5, 5.41) is 35.9. The molecule has 0 saturated carbocycles. The maximum absolute atomic E-state index is 10.3. The molecular weight excluding hydrogens is 526 g/mol. The van der Waals surface area contributed by atoms with Crippen molar-refractivity contribution >= 4 is 34.2 Å². The smallest absolute Gasteiger partial charge is 0.336 e. The number of fused-ring (bicyclic) bond motifs is 1. The van der Waals surface area contributed by atoms with Crippen LogP contribution in [0.15, 0.2) is 42.4 Å². The minimum Gasteiger partial charge on any atom is -0.481 e. The predicted molar refractivity (Wildman–Crippen MR) is 143 cm³/mol. The molecule has 0 bridgehead atoms. The van der Waals surface area contributed by atoms with E-state index in [4.69, 9.17) is 25.4 Å². The predicted octanol–water partition coefficient (Wildman–Crippen LogP) is 2.90. The second kappa shape index (κ2) is 14.0. The van der Waals surface area contributed by atoms with Crippen LogP contribution in [0.25, 0.3) is 4.96 Å². The van der Waals surface area contributed by atoms with Crippen LogP contribution in [0, 0.1) is 12.8 Å². The molecule has 3 heterocycles. The number of carboxylic acids is 3. The standard InChI is InChI=1S/C20H27N5S.C6H8O7/c1-17-19(25-12-13-26-20(25)22-17)15-24(14-18-6-3-2-4-7-18)10-5-9-23-11-8-21-16-23;7-3(8)1-6(13,5(11)12)2-4(9)10/h2-3,8,11-13,16,18H,4-7,9-10,14-15H2,1H3;13H,1-2H2,(H,7,8)(H,9,10)(H,11,12). The number of aryl methyl sites for hydroxylation is 2. The summed E-state index contributed by atoms with van der Waals surface area (Å²) in [5.74, 6) is -4.24. The van der Waals surface area contributed by atoms with Crippen LogP contribution in [0.1, 0.15) is 49.9 Å². The lowest BCUT2D eigenvalue weighted by molar-refractivity contribution is -0.170. The fourth-order valence-electron chi connectivity index (χ4n) is 4.58. The highest BCUT2D eigenvalue weighted by Crippen LogP contribution is 2.23. The van der Waals surface area contributed by atoms with Gasteiger partial charge >= 0.3 is 17.9 Å². The van der Waals surface area contributed by atoms with Crippen LogP contribution in [0.3, 0.4) is 0 Å². The number of nitrogens with zero attached hydrogens (tertiary/aromatic N) is 5. The molecule has 1 aliphatic rings. The average molecular weight is 562 g/mol. The van der Waals surface area contributed by atoms with Gasteiger partial charge in [0.2, 0.25) is 0 Å². The molecule has 1 unspecified atom stereocenters. The summed E-state index contributed by atoms with van der Waals surface area (Å²) < 4.78 is 4.44. The van der Waals surface area contributed by atoms with Crippen molar-refractivity contribution in [2.75, 3.05) is 13.1 Å². The minimum atomic E-state index is -2.74. The van der Waals surface area contributed by atoms with Gasteiger partial charge in [0.05, 0.1) is 30.6 Å². The molecular formula is C26H35N5O7S. The summed E-state index contributed by atoms with van der Waals surface area (Å²) in [7, 11) is 0. The molecule has 4 rings (SSSR count). The van der Waals surface area contributed by atoms with Crippen LogP contribution in [-0.4, -0.2) is 80.9 Å². The molecule has 13 heteroatoms. The van der Waals surface area contributed by atoms with Crippen LogP contribution in [0.5, 0.6) is 0 Å². The molecule has 0 radical (unpaired) electrons. The van der Waals surface area contributed by atoms with Gasteiger partial charge < -0.3 is 25.0 Å². The number of aromatic nitrogens is 4. The zero-order chi connectivity index (χ0) is 28.4. The van der Waals surface area contributed by atoms with Gasteiger partial charge in [0.15, 0.2) is 10.6 Å². The highest BCUT2D eigenvalue weighted by Gasteiger charge is 2.40. The van der Waals surface area contributed by atoms with Crippen molar-refractivity contribution in [3.8, 4) is 0 Å². The molecule has 0 spiro atoms. The molecule has 0 saturated heterocycles. The third kappa shape index (κ3) is 9.01. The van der Waals surface area contributed by atoms with Crippen molar-refractivity contribution in [2.45, 2.75) is 64.1 Å². The molecule has 1 atom stereocenters. The Morgan fingerprint density at radius 1 is 1.15 bits per heavy atom. The Morgan fingerprint density at radius 2 is 1.90 bits per heavy atom. The van der Waals surface area contributed by atoms with Crippen molar-refractivity contribution < 1.29 is 34.8 Å². The molecule has 1 aliphatic carbocycles. The van der Waals surface area contributed by atoms with E-state index in [1.165, 1.54) is 37.2 Å². The molecule has 4 N–H and O–H groups in total. The number of aliphatic carboxylic acids is 3. The monoisotopic (exact) mass is 561 g/mol. The summed E-state index contributed by atoms with van der Waals surface area (Å²) >= 11 is 1.72. The minimum absolute atomic E-state index is 0.777. The normalized spacial score (nSPS) is 15.3. The molecule has 0 amide bonds. The number of carbonyl (C=O) groups is 3. The number of aliphatic hydroxyl groups is 1. The molecule has 0 aromatic carbocycles. The largest absolute Gasteiger partial charge is 0.481 e. The van der Waals surface area contributed by atoms with E-state index in [0.29, 0.717) is 0 Å². The van der Waals surface area contributed by atoms with Gasteiger partial charge in [-0.3, -0.25) is 18.9 Å². The van der Waals surface area contributed by atoms with E-state index in [1.54, 1.807) is 11.3 Å². The number of thiazole rings is 1. The van der Waals surface area contributed by atoms with Gasteiger partial charge in [-0.2, -0.15) is 0 Å². The number of rotatable bonds is 13. The zero-order valence-corrected chi connectivity index (χ0v) is 22.7. The Kier molecular flexibility index (Phi) is 10.8. The Hall–Kier alpha value is -3.55. The van der Waals surface area contributed by atoms with Crippen molar-refractivity contribution in [2.24, 2.45) is 5.92 Å². The van der Waals surface area contributed by atoms with Crippen LogP contribution in [0.2, 0.25) is 0 Å². The lowest BCUT2D eigenvalue weighted by Gasteiger charge is -2.28. The van der Waals surface area contributed by atoms with Crippen LogP contribution < -0.4 is 0 Å². The van der Waals surface area contributed by atoms with Gasteiger partial charge in [-0.05, 0) is 38.5 Å². The van der Waals surface area contributed by atoms with Gasteiger partial charge in [-0.15, -0.1) is 11.3 Å². The van der Waals surface area contributed by atoms with E-state index in [1.807, 2.05) is 18.7 Å². The first kappa shape index (κ1) is 30.0. The van der Waals surface area contributed by atoms with E-state index in [0.717, 1.165) is 36.9 Å². The van der Waals surface area contributed by atoms with E-state index in [-0.39, 0.29) is 0 Å². The van der Waals surface area contributed by atoms with Gasteiger partial charge in [0.1, 0.15) is 0 Å². The Labute approximate surface area is 229 Å². The van der Waals surface area contributed by atoms with Crippen molar-refractivity contribution in [1.29, 1.82) is 0 Å². The summed E-state index contributed by atoms with van der Waals surface area (Å²) in [5.41, 5.74) is -0.229. The Balaban J connectivity index is 0.000000276. The Morgan fingerprint density at radius 3 is 2.49 bits per heavy atom. The van der Waals surface area contributed by atoms with Crippen LogP contribution >= 0.6 is 11.3 Å². The van der Waals surface area contributed by atoms with Gasteiger partial charge in [0.25, 0.3) is 0 Å². The van der Waals surface area contributed by atoms with Crippen LogP contribution in [-0.2, 0) is 27.5 Å². The number of allylic oxidation sites excluding steroid dienone is 2. The summed E-state index contributed by atoms with van der Waals surface area (Å²) in [6, 6.07) is 0. The number of carboxylic acid groups (broad SMARTS) is 3. The first-order valence-corrected chi connectivity index (χ1v) is 13.6. The molecule has 212 valence electrons. The molecule has 3 aromatic heterocycles. The first-order chi connectivity index (χ1) is 18.6. The second-order valence-corrected chi connectivity index (χ2v) is 10.6. The van der Waals surface area contributed by atoms with Crippen molar-refractivity contribution in [3.05, 3.63) is 53.8 Å². The fraction of sp³-hybridized carbons (Fsp3) is 0.500. The van der Waals surface area contributed by atoms with Gasteiger partial charge in [0, 0.05) is 50.1 Å². The fourth-order valence-corrected chi connectivity index (χ4v) is 5.35. The SMILES string of the molecule is Cc1nc2sccn2c1CN(CCCn1ccnc1)CC1CC=CCC1.O=C(O)CC(O)(CC(=O)O)C(=O)O. The quantitative estimate of drug-likeness (QED) is 0.228. The lowest BCUT2D eigenvalue weighted by atomic mass is 9.94. The number of hydrogen-bond acceptors (Lipinski definition) is 8. The van der Waals surface area contributed by atoms with E-state index < -0.39 is 36.4 Å². The lowest BCUT2D eigenvalue weighted by Crippen LogP contribution is -2.42. The number of hydrogen-bond donors (Lipinski definition) is 4. The molecule has 3 aromatic rings. The molecule has 39 heavy (non-hydrogen) atoms. The Bertz CT molecular complexity index is 1250. The second-order valence-electron chi connectivity index (χ2n) is 9.72. The molecule has 12 nitrogen and oxygen atoms in total. The summed E-state index contributed by atoms with van der Waals surface area (Å²) in [4.78, 5) is 43.1. The number of imidazole rings is 2. The first-order valence-electron chi connectivity index (χ1n) is 12.7. The van der Waals surface area contributed by atoms with E-state index in [9.17, 15) is 14.4 Å². The summed E-state index contributed by atoms with van der Waals surface area (Å²) in [6.07, 6.45) is 15.3. The molecule has 0 aliphatic heterocycles. The molecule has 0 fully saturated rings. The summed E-state index contributed by atoms with van der Waals surface area (Å²) in [6.45, 7) is 6.43. The van der Waals surface area contributed by atoms with E-state index in [2.05, 4.69) is 49.5 Å². The van der Waals surface area contributed by atoms with Gasteiger partial charge in [-0.1, -0.05) is 12.2 Å². The van der Waals surface area contributed by atoms with Crippen molar-refractivity contribution in [1.82, 2.24) is 23.8 Å². The van der Waals surface area contributed by atoms with E-state index >= 15 is 0 Å². The third-order valence-corrected chi connectivity index (χ3v) is 7.32. The maximum atomic E-state index is 10.3. The van der Waals surface area contributed by atoms with Crippen LogP contribution in [0.4, 0.5) is 0 Å². The van der Waals surface area contributed by atoms with Crippen molar-refractivity contribution in [3.63, 3.8) is 0 Å². The zero-order valence-electron chi connectivity index (χ0n) is 21.8. The van der Waals surface area contributed by atoms with Gasteiger partial charge in [-0.25, -0.2) is 14.8 Å².